The highest BCUT2D eigenvalue weighted by Gasteiger charge is 2.19. The van der Waals surface area contributed by atoms with Crippen LogP contribution in [0.5, 0.6) is 0 Å². The van der Waals surface area contributed by atoms with Gasteiger partial charge in [-0.25, -0.2) is 0 Å². The van der Waals surface area contributed by atoms with E-state index in [1.165, 1.54) is 0 Å². The van der Waals surface area contributed by atoms with Gasteiger partial charge in [-0.1, -0.05) is 15.9 Å². The largest absolute Gasteiger partial charge is 0.389 e. The number of halogens is 1. The van der Waals surface area contributed by atoms with Gasteiger partial charge in [0, 0.05) is 35.9 Å². The smallest absolute Gasteiger partial charge is 0.0782 e. The minimum absolute atomic E-state index is 0.320. The van der Waals surface area contributed by atoms with Crippen molar-refractivity contribution in [2.75, 3.05) is 25.1 Å². The van der Waals surface area contributed by atoms with E-state index in [2.05, 4.69) is 27.9 Å². The number of anilines is 1. The molecule has 0 radical (unpaired) electrons. The van der Waals surface area contributed by atoms with E-state index in [1.54, 1.807) is 6.92 Å². The fourth-order valence-electron chi connectivity index (χ4n) is 2.40. The molecule has 0 saturated carbocycles. The van der Waals surface area contributed by atoms with E-state index in [1.807, 2.05) is 18.2 Å². The standard InChI is InChI=1S/C14H20BrNO2/c1-10(17)13-8-11(15)5-6-14(13)16(2)9-12-4-3-7-18-12/h5-6,8,10,12,17H,3-4,7,9H2,1-2H3. The zero-order valence-electron chi connectivity index (χ0n) is 10.9. The van der Waals surface area contributed by atoms with Crippen molar-refractivity contribution in [2.24, 2.45) is 0 Å². The Hall–Kier alpha value is -0.580. The van der Waals surface area contributed by atoms with E-state index in [-0.39, 0.29) is 0 Å². The van der Waals surface area contributed by atoms with Crippen LogP contribution in [0, 0.1) is 0 Å². The fourth-order valence-corrected chi connectivity index (χ4v) is 2.78. The number of benzene rings is 1. The molecule has 2 atom stereocenters. The lowest BCUT2D eigenvalue weighted by Gasteiger charge is -2.26. The summed E-state index contributed by atoms with van der Waals surface area (Å²) >= 11 is 3.45. The zero-order valence-corrected chi connectivity index (χ0v) is 12.5. The molecule has 18 heavy (non-hydrogen) atoms. The molecule has 1 heterocycles. The summed E-state index contributed by atoms with van der Waals surface area (Å²) in [5.74, 6) is 0. The maximum absolute atomic E-state index is 9.86. The first kappa shape index (κ1) is 13.8. The predicted molar refractivity (Wildman–Crippen MR) is 77.0 cm³/mol. The second kappa shape index (κ2) is 6.04. The summed E-state index contributed by atoms with van der Waals surface area (Å²) in [6.07, 6.45) is 2.14. The van der Waals surface area contributed by atoms with Crippen molar-refractivity contribution in [1.29, 1.82) is 0 Å². The van der Waals surface area contributed by atoms with Gasteiger partial charge in [0.25, 0.3) is 0 Å². The molecule has 1 saturated heterocycles. The van der Waals surface area contributed by atoms with Gasteiger partial charge in [0.1, 0.15) is 0 Å². The summed E-state index contributed by atoms with van der Waals surface area (Å²) in [5, 5.41) is 9.86. The zero-order chi connectivity index (χ0) is 13.1. The predicted octanol–water partition coefficient (Wildman–Crippen LogP) is 3.12. The number of rotatable bonds is 4. The van der Waals surface area contributed by atoms with Crippen molar-refractivity contribution in [2.45, 2.75) is 32.0 Å². The Morgan fingerprint density at radius 1 is 1.56 bits per heavy atom. The normalized spacial score (nSPS) is 21.0. The fraction of sp³-hybridized carbons (Fsp3) is 0.571. The summed E-state index contributed by atoms with van der Waals surface area (Å²) in [4.78, 5) is 2.17. The topological polar surface area (TPSA) is 32.7 Å². The van der Waals surface area contributed by atoms with Gasteiger partial charge in [-0.2, -0.15) is 0 Å². The molecule has 1 N–H and O–H groups in total. The molecule has 1 aromatic carbocycles. The van der Waals surface area contributed by atoms with E-state index in [9.17, 15) is 5.11 Å². The highest BCUT2D eigenvalue weighted by atomic mass is 79.9. The van der Waals surface area contributed by atoms with Crippen LogP contribution in [0.4, 0.5) is 5.69 Å². The average Bonchev–Trinajstić information content (AvgIpc) is 2.81. The maximum Gasteiger partial charge on any atom is 0.0782 e. The van der Waals surface area contributed by atoms with Crippen LogP contribution < -0.4 is 4.90 Å². The van der Waals surface area contributed by atoms with Crippen LogP contribution >= 0.6 is 15.9 Å². The molecule has 0 aromatic heterocycles. The van der Waals surface area contributed by atoms with Crippen LogP contribution in [0.3, 0.4) is 0 Å². The first-order valence-corrected chi connectivity index (χ1v) is 7.17. The van der Waals surface area contributed by atoms with Gasteiger partial charge in [-0.15, -0.1) is 0 Å². The van der Waals surface area contributed by atoms with Crippen molar-refractivity contribution >= 4 is 21.6 Å². The molecule has 1 fully saturated rings. The number of hydrogen-bond donors (Lipinski definition) is 1. The maximum atomic E-state index is 9.86. The molecule has 4 heteroatoms. The number of likely N-dealkylation sites (N-methyl/N-ethyl adjacent to an activating group) is 1. The van der Waals surface area contributed by atoms with Crippen LogP contribution in [0.2, 0.25) is 0 Å². The molecule has 2 unspecified atom stereocenters. The van der Waals surface area contributed by atoms with E-state index in [4.69, 9.17) is 4.74 Å². The molecular formula is C14H20BrNO2. The minimum Gasteiger partial charge on any atom is -0.389 e. The van der Waals surface area contributed by atoms with Crippen LogP contribution in [-0.4, -0.2) is 31.4 Å². The van der Waals surface area contributed by atoms with E-state index in [0.717, 1.165) is 41.7 Å². The van der Waals surface area contributed by atoms with Crippen LogP contribution in [-0.2, 0) is 4.74 Å². The second-order valence-corrected chi connectivity index (χ2v) is 5.81. The summed E-state index contributed by atoms with van der Waals surface area (Å²) < 4.78 is 6.65. The molecular weight excluding hydrogens is 294 g/mol. The summed E-state index contributed by atoms with van der Waals surface area (Å²) in [6, 6.07) is 6.03. The first-order chi connectivity index (χ1) is 8.58. The number of aliphatic hydroxyl groups is 1. The Balaban J connectivity index is 2.15. The van der Waals surface area contributed by atoms with Crippen molar-refractivity contribution in [1.82, 2.24) is 0 Å². The Kier molecular flexibility index (Phi) is 4.65. The molecule has 0 amide bonds. The third-order valence-electron chi connectivity index (χ3n) is 3.35. The third-order valence-corrected chi connectivity index (χ3v) is 3.85. The third kappa shape index (κ3) is 3.25. The first-order valence-electron chi connectivity index (χ1n) is 6.38. The average molecular weight is 314 g/mol. The number of hydrogen-bond acceptors (Lipinski definition) is 3. The molecule has 0 aliphatic carbocycles. The Morgan fingerprint density at radius 2 is 2.33 bits per heavy atom. The summed E-state index contributed by atoms with van der Waals surface area (Å²) in [5.41, 5.74) is 2.02. The summed E-state index contributed by atoms with van der Waals surface area (Å²) in [6.45, 7) is 3.55. The van der Waals surface area contributed by atoms with Crippen molar-refractivity contribution in [3.05, 3.63) is 28.2 Å². The molecule has 1 aliphatic heterocycles. The quantitative estimate of drug-likeness (QED) is 0.927. The monoisotopic (exact) mass is 313 g/mol. The van der Waals surface area contributed by atoms with E-state index < -0.39 is 6.10 Å². The van der Waals surface area contributed by atoms with Crippen molar-refractivity contribution in [3.8, 4) is 0 Å². The molecule has 1 aromatic rings. The molecule has 0 bridgehead atoms. The Bertz CT molecular complexity index is 403. The van der Waals surface area contributed by atoms with E-state index >= 15 is 0 Å². The molecule has 3 nitrogen and oxygen atoms in total. The van der Waals surface area contributed by atoms with Gasteiger partial charge in [-0.05, 0) is 38.0 Å². The Morgan fingerprint density at radius 3 is 2.94 bits per heavy atom. The van der Waals surface area contributed by atoms with Gasteiger partial charge < -0.3 is 14.7 Å². The number of nitrogens with zero attached hydrogens (tertiary/aromatic N) is 1. The molecule has 2 rings (SSSR count). The van der Waals surface area contributed by atoms with Crippen LogP contribution in [0.1, 0.15) is 31.4 Å². The lowest BCUT2D eigenvalue weighted by molar-refractivity contribution is 0.116. The number of ether oxygens (including phenoxy) is 1. The van der Waals surface area contributed by atoms with Crippen molar-refractivity contribution in [3.63, 3.8) is 0 Å². The summed E-state index contributed by atoms with van der Waals surface area (Å²) in [7, 11) is 2.05. The second-order valence-electron chi connectivity index (χ2n) is 4.89. The van der Waals surface area contributed by atoms with Gasteiger partial charge >= 0.3 is 0 Å². The lowest BCUT2D eigenvalue weighted by atomic mass is 10.1. The molecule has 0 spiro atoms. The Labute approximate surface area is 117 Å². The lowest BCUT2D eigenvalue weighted by Crippen LogP contribution is -2.29. The number of aliphatic hydroxyl groups excluding tert-OH is 1. The van der Waals surface area contributed by atoms with Crippen LogP contribution in [0.15, 0.2) is 22.7 Å². The SMILES string of the molecule is CC(O)c1cc(Br)ccc1N(C)CC1CCCO1. The minimum atomic E-state index is -0.468. The van der Waals surface area contributed by atoms with Gasteiger partial charge in [0.05, 0.1) is 12.2 Å². The van der Waals surface area contributed by atoms with Gasteiger partial charge in [0.15, 0.2) is 0 Å². The molecule has 100 valence electrons. The van der Waals surface area contributed by atoms with Gasteiger partial charge in [-0.3, -0.25) is 0 Å². The van der Waals surface area contributed by atoms with Crippen molar-refractivity contribution < 1.29 is 9.84 Å². The highest BCUT2D eigenvalue weighted by Crippen LogP contribution is 2.29. The van der Waals surface area contributed by atoms with Crippen LogP contribution in [0.25, 0.3) is 0 Å². The molecule has 1 aliphatic rings. The highest BCUT2D eigenvalue weighted by molar-refractivity contribution is 9.10. The van der Waals surface area contributed by atoms with Gasteiger partial charge in [0.2, 0.25) is 0 Å². The van der Waals surface area contributed by atoms with E-state index in [0.29, 0.717) is 6.10 Å².